The summed E-state index contributed by atoms with van der Waals surface area (Å²) < 4.78 is 40.6. The Hall–Kier alpha value is -3.21. The van der Waals surface area contributed by atoms with E-state index >= 15 is 0 Å². The van der Waals surface area contributed by atoms with Crippen LogP contribution in [0.15, 0.2) is 24.5 Å². The van der Waals surface area contributed by atoms with Crippen LogP contribution in [0.1, 0.15) is 28.9 Å². The van der Waals surface area contributed by atoms with Crippen LogP contribution < -0.4 is 10.6 Å². The Morgan fingerprint density at radius 2 is 2.10 bits per heavy atom. The average Bonchev–Trinajstić information content (AvgIpc) is 3.28. The standard InChI is InChI=1S/C18H17F3N6O2/c19-9-1-2-10(20)8(5-9)6-22-18(29)14-13-16(23-7-24-17(13)27-26-14)25-12-4-3-11(21)15(12)28/h1-2,5,7,11-12,15,28H,3-4,6H2,(H,22,29)(H2,23,24,25,26,27)/t11-,12+,15+/m0/s1. The minimum atomic E-state index is -1.34. The quantitative estimate of drug-likeness (QED) is 0.514. The van der Waals surface area contributed by atoms with Gasteiger partial charge in [0.2, 0.25) is 0 Å². The average molecular weight is 406 g/mol. The number of anilines is 1. The first-order valence-electron chi connectivity index (χ1n) is 8.94. The number of aliphatic hydroxyl groups is 1. The number of nitrogens with zero attached hydrogens (tertiary/aromatic N) is 3. The van der Waals surface area contributed by atoms with Crippen molar-refractivity contribution in [2.75, 3.05) is 5.32 Å². The van der Waals surface area contributed by atoms with E-state index in [1.54, 1.807) is 0 Å². The van der Waals surface area contributed by atoms with E-state index in [1.807, 2.05) is 0 Å². The van der Waals surface area contributed by atoms with E-state index in [4.69, 9.17) is 0 Å². The van der Waals surface area contributed by atoms with E-state index in [2.05, 4.69) is 30.8 Å². The zero-order chi connectivity index (χ0) is 20.5. The predicted octanol–water partition coefficient (Wildman–Crippen LogP) is 1.83. The summed E-state index contributed by atoms with van der Waals surface area (Å²) in [7, 11) is 0. The molecule has 1 saturated carbocycles. The number of H-pyrrole nitrogens is 1. The molecule has 4 rings (SSSR count). The zero-order valence-corrected chi connectivity index (χ0v) is 15.0. The minimum absolute atomic E-state index is 0.0177. The molecule has 4 N–H and O–H groups in total. The molecule has 2 heterocycles. The summed E-state index contributed by atoms with van der Waals surface area (Å²) in [5.74, 6) is -1.72. The van der Waals surface area contributed by atoms with Crippen LogP contribution in [0.2, 0.25) is 0 Å². The Kier molecular flexibility index (Phi) is 5.05. The van der Waals surface area contributed by atoms with Crippen molar-refractivity contribution in [1.29, 1.82) is 0 Å². The predicted molar refractivity (Wildman–Crippen MR) is 96.8 cm³/mol. The number of hydrogen-bond donors (Lipinski definition) is 4. The summed E-state index contributed by atoms with van der Waals surface area (Å²) in [5.41, 5.74) is 0.175. The van der Waals surface area contributed by atoms with E-state index in [0.29, 0.717) is 6.42 Å². The third-order valence-electron chi connectivity index (χ3n) is 4.88. The number of alkyl halides is 1. The molecule has 0 aliphatic heterocycles. The van der Waals surface area contributed by atoms with Gasteiger partial charge >= 0.3 is 0 Å². The molecule has 0 saturated heterocycles. The van der Waals surface area contributed by atoms with Gasteiger partial charge in [-0.05, 0) is 31.0 Å². The van der Waals surface area contributed by atoms with Gasteiger partial charge in [0.05, 0.1) is 11.4 Å². The highest BCUT2D eigenvalue weighted by molar-refractivity contribution is 6.07. The Balaban J connectivity index is 1.57. The first-order valence-corrected chi connectivity index (χ1v) is 8.94. The van der Waals surface area contributed by atoms with Crippen molar-refractivity contribution < 1.29 is 23.1 Å². The molecular formula is C18H17F3N6O2. The van der Waals surface area contributed by atoms with Gasteiger partial charge in [-0.3, -0.25) is 9.89 Å². The van der Waals surface area contributed by atoms with Gasteiger partial charge < -0.3 is 15.7 Å². The number of carbonyl (C=O) groups excluding carboxylic acids is 1. The number of rotatable bonds is 5. The van der Waals surface area contributed by atoms with Crippen molar-refractivity contribution >= 4 is 22.8 Å². The van der Waals surface area contributed by atoms with Gasteiger partial charge in [0.1, 0.15) is 36.1 Å². The third-order valence-corrected chi connectivity index (χ3v) is 4.88. The third kappa shape index (κ3) is 3.73. The van der Waals surface area contributed by atoms with Gasteiger partial charge in [-0.1, -0.05) is 0 Å². The van der Waals surface area contributed by atoms with Gasteiger partial charge in [0.15, 0.2) is 11.3 Å². The maximum atomic E-state index is 13.8. The van der Waals surface area contributed by atoms with Crippen molar-refractivity contribution in [1.82, 2.24) is 25.5 Å². The van der Waals surface area contributed by atoms with E-state index in [0.717, 1.165) is 18.2 Å². The van der Waals surface area contributed by atoms with Crippen molar-refractivity contribution in [3.63, 3.8) is 0 Å². The number of halogens is 3. The van der Waals surface area contributed by atoms with Crippen LogP contribution in [0.3, 0.4) is 0 Å². The number of fused-ring (bicyclic) bond motifs is 1. The van der Waals surface area contributed by atoms with Gasteiger partial charge in [-0.2, -0.15) is 5.10 Å². The minimum Gasteiger partial charge on any atom is -0.388 e. The van der Waals surface area contributed by atoms with E-state index in [-0.39, 0.29) is 41.1 Å². The van der Waals surface area contributed by atoms with Gasteiger partial charge in [-0.15, -0.1) is 0 Å². The number of benzene rings is 1. The van der Waals surface area contributed by atoms with Crippen LogP contribution in [0.25, 0.3) is 11.0 Å². The molecule has 1 amide bonds. The number of aromatic nitrogens is 4. The number of aliphatic hydroxyl groups excluding tert-OH is 1. The summed E-state index contributed by atoms with van der Waals surface area (Å²) in [6.07, 6.45) is -0.684. The van der Waals surface area contributed by atoms with Crippen LogP contribution in [0, 0.1) is 11.6 Å². The molecule has 0 spiro atoms. The van der Waals surface area contributed by atoms with Crippen molar-refractivity contribution in [2.24, 2.45) is 0 Å². The molecule has 3 atom stereocenters. The lowest BCUT2D eigenvalue weighted by atomic mass is 10.2. The van der Waals surface area contributed by atoms with Crippen LogP contribution in [0.4, 0.5) is 19.0 Å². The Bertz CT molecular complexity index is 1060. The summed E-state index contributed by atoms with van der Waals surface area (Å²) in [6.45, 7) is -0.252. The molecule has 0 radical (unpaired) electrons. The highest BCUT2D eigenvalue weighted by Crippen LogP contribution is 2.28. The second kappa shape index (κ2) is 7.66. The van der Waals surface area contributed by atoms with Crippen molar-refractivity contribution in [3.05, 3.63) is 47.4 Å². The second-order valence-electron chi connectivity index (χ2n) is 6.77. The molecule has 152 valence electrons. The highest BCUT2D eigenvalue weighted by Gasteiger charge is 2.35. The first kappa shape index (κ1) is 19.1. The molecule has 29 heavy (non-hydrogen) atoms. The molecule has 2 aromatic heterocycles. The monoisotopic (exact) mass is 406 g/mol. The number of amides is 1. The summed E-state index contributed by atoms with van der Waals surface area (Å²) >= 11 is 0. The van der Waals surface area contributed by atoms with E-state index in [1.165, 1.54) is 6.33 Å². The fourth-order valence-electron chi connectivity index (χ4n) is 3.34. The summed E-state index contributed by atoms with van der Waals surface area (Å²) in [4.78, 5) is 20.7. The number of nitrogens with one attached hydrogen (secondary N) is 3. The molecular weight excluding hydrogens is 389 g/mol. The van der Waals surface area contributed by atoms with Crippen LogP contribution in [-0.4, -0.2) is 49.5 Å². The fraction of sp³-hybridized carbons (Fsp3) is 0.333. The van der Waals surface area contributed by atoms with Gasteiger partial charge in [0.25, 0.3) is 5.91 Å². The highest BCUT2D eigenvalue weighted by atomic mass is 19.1. The largest absolute Gasteiger partial charge is 0.388 e. The lowest BCUT2D eigenvalue weighted by Crippen LogP contribution is -2.33. The molecule has 11 heteroatoms. The summed E-state index contributed by atoms with van der Waals surface area (Å²) in [5, 5.41) is 22.1. The smallest absolute Gasteiger partial charge is 0.272 e. The van der Waals surface area contributed by atoms with Crippen molar-refractivity contribution in [2.45, 2.75) is 37.7 Å². The number of hydrogen-bond acceptors (Lipinski definition) is 6. The maximum absolute atomic E-state index is 13.8. The lowest BCUT2D eigenvalue weighted by molar-refractivity contribution is 0.0947. The molecule has 1 aromatic carbocycles. The number of carbonyl (C=O) groups is 1. The summed E-state index contributed by atoms with van der Waals surface area (Å²) in [6, 6.07) is 2.37. The first-order chi connectivity index (χ1) is 13.9. The number of aromatic amines is 1. The molecule has 1 fully saturated rings. The molecule has 3 aromatic rings. The molecule has 0 unspecified atom stereocenters. The molecule has 0 bridgehead atoms. The second-order valence-corrected chi connectivity index (χ2v) is 6.77. The van der Waals surface area contributed by atoms with Gasteiger partial charge in [-0.25, -0.2) is 23.1 Å². The molecule has 1 aliphatic rings. The molecule has 1 aliphatic carbocycles. The SMILES string of the molecule is O=C(NCc1cc(F)ccc1F)c1n[nH]c2ncnc(N[C@@H]3CC[C@H](F)[C@H]3O)c12. The van der Waals surface area contributed by atoms with Crippen LogP contribution in [0.5, 0.6) is 0 Å². The van der Waals surface area contributed by atoms with Gasteiger partial charge in [0, 0.05) is 12.1 Å². The van der Waals surface area contributed by atoms with Crippen LogP contribution >= 0.6 is 0 Å². The Morgan fingerprint density at radius 3 is 2.86 bits per heavy atom. The van der Waals surface area contributed by atoms with Crippen LogP contribution in [-0.2, 0) is 6.54 Å². The Labute approximate surface area is 162 Å². The molecule has 8 nitrogen and oxygen atoms in total. The fourth-order valence-corrected chi connectivity index (χ4v) is 3.34. The zero-order valence-electron chi connectivity index (χ0n) is 15.0. The van der Waals surface area contributed by atoms with E-state index in [9.17, 15) is 23.1 Å². The normalized spacial score (nSPS) is 21.4. The topological polar surface area (TPSA) is 116 Å². The van der Waals surface area contributed by atoms with E-state index < -0.39 is 35.9 Å². The lowest BCUT2D eigenvalue weighted by Gasteiger charge is -2.18. The van der Waals surface area contributed by atoms with Crippen molar-refractivity contribution in [3.8, 4) is 0 Å². The Morgan fingerprint density at radius 1 is 1.28 bits per heavy atom. The maximum Gasteiger partial charge on any atom is 0.272 e.